The fourth-order valence-electron chi connectivity index (χ4n) is 3.82. The van der Waals surface area contributed by atoms with Crippen molar-refractivity contribution in [3.8, 4) is 0 Å². The molecule has 0 spiro atoms. The van der Waals surface area contributed by atoms with Crippen molar-refractivity contribution in [1.29, 1.82) is 0 Å². The van der Waals surface area contributed by atoms with Crippen LogP contribution in [-0.4, -0.2) is 50.6 Å². The lowest BCUT2D eigenvalue weighted by Crippen LogP contribution is -2.43. The van der Waals surface area contributed by atoms with Gasteiger partial charge < -0.3 is 15.5 Å². The summed E-state index contributed by atoms with van der Waals surface area (Å²) in [6.07, 6.45) is 5.11. The lowest BCUT2D eigenvalue weighted by molar-refractivity contribution is 0.324. The molecule has 1 saturated heterocycles. The second kappa shape index (κ2) is 8.02. The molecule has 1 aliphatic carbocycles. The van der Waals surface area contributed by atoms with Gasteiger partial charge in [-0.2, -0.15) is 0 Å². The predicted molar refractivity (Wildman–Crippen MR) is 102 cm³/mol. The Morgan fingerprint density at radius 1 is 1.25 bits per heavy atom. The molecule has 4 nitrogen and oxygen atoms in total. The first kappa shape index (κ1) is 17.3. The van der Waals surface area contributed by atoms with Crippen LogP contribution in [0.2, 0.25) is 0 Å². The molecule has 2 fully saturated rings. The number of aliphatic imine (C=N–C) groups is 1. The summed E-state index contributed by atoms with van der Waals surface area (Å²) in [7, 11) is 1.87. The number of likely N-dealkylation sites (tertiary alicyclic amines) is 1. The topological polar surface area (TPSA) is 39.7 Å². The third-order valence-corrected chi connectivity index (χ3v) is 5.53. The summed E-state index contributed by atoms with van der Waals surface area (Å²) in [6.45, 7) is 7.98. The van der Waals surface area contributed by atoms with Crippen LogP contribution in [0.4, 0.5) is 0 Å². The Bertz CT molecular complexity index is 536. The first-order chi connectivity index (χ1) is 11.8. The van der Waals surface area contributed by atoms with Crippen molar-refractivity contribution < 1.29 is 0 Å². The summed E-state index contributed by atoms with van der Waals surface area (Å²) >= 11 is 0. The van der Waals surface area contributed by atoms with Gasteiger partial charge in [0.05, 0.1) is 0 Å². The van der Waals surface area contributed by atoms with Crippen LogP contribution in [0.15, 0.2) is 35.3 Å². The highest BCUT2D eigenvalue weighted by atomic mass is 15.2. The van der Waals surface area contributed by atoms with Gasteiger partial charge in [0.25, 0.3) is 0 Å². The second-order valence-electron chi connectivity index (χ2n) is 7.41. The van der Waals surface area contributed by atoms with E-state index >= 15 is 0 Å². The highest BCUT2D eigenvalue weighted by molar-refractivity contribution is 5.79. The van der Waals surface area contributed by atoms with Crippen LogP contribution in [0, 0.1) is 5.92 Å². The fraction of sp³-hybridized carbons (Fsp3) is 0.650. The first-order valence-electron chi connectivity index (χ1n) is 9.48. The van der Waals surface area contributed by atoms with Gasteiger partial charge in [-0.3, -0.25) is 4.99 Å². The maximum absolute atomic E-state index is 4.41. The smallest absolute Gasteiger partial charge is 0.191 e. The average molecular weight is 329 g/mol. The van der Waals surface area contributed by atoms with Crippen LogP contribution in [0.1, 0.15) is 38.2 Å². The molecule has 1 aromatic carbocycles. The molecule has 0 bridgehead atoms. The van der Waals surface area contributed by atoms with E-state index in [2.05, 4.69) is 57.8 Å². The number of guanidine groups is 1. The molecule has 1 atom stereocenters. The molecule has 3 rings (SSSR count). The Labute approximate surface area is 146 Å². The standard InChI is InChI=1S/C20H32N4/c1-3-12-24-13-9-17(15-24)14-22-19(21-2)23-16-20(10-11-20)18-7-5-4-6-8-18/h4-8,17H,3,9-16H2,1-2H3,(H2,21,22,23). The molecule has 0 amide bonds. The summed E-state index contributed by atoms with van der Waals surface area (Å²) in [4.78, 5) is 6.99. The monoisotopic (exact) mass is 328 g/mol. The van der Waals surface area contributed by atoms with Gasteiger partial charge in [0.15, 0.2) is 5.96 Å². The van der Waals surface area contributed by atoms with Gasteiger partial charge in [0.1, 0.15) is 0 Å². The van der Waals surface area contributed by atoms with Crippen LogP contribution in [0.3, 0.4) is 0 Å². The normalized spacial score (nSPS) is 23.2. The van der Waals surface area contributed by atoms with Crippen molar-refractivity contribution in [2.24, 2.45) is 10.9 Å². The molecule has 24 heavy (non-hydrogen) atoms. The van der Waals surface area contributed by atoms with E-state index in [0.29, 0.717) is 5.41 Å². The summed E-state index contributed by atoms with van der Waals surface area (Å²) < 4.78 is 0. The minimum Gasteiger partial charge on any atom is -0.356 e. The Morgan fingerprint density at radius 2 is 2.04 bits per heavy atom. The van der Waals surface area contributed by atoms with Gasteiger partial charge in [0.2, 0.25) is 0 Å². The summed E-state index contributed by atoms with van der Waals surface area (Å²) in [5.74, 6) is 1.70. The number of nitrogens with one attached hydrogen (secondary N) is 2. The molecule has 4 heteroatoms. The maximum atomic E-state index is 4.41. The molecular formula is C20H32N4. The Morgan fingerprint density at radius 3 is 2.71 bits per heavy atom. The third kappa shape index (κ3) is 4.29. The summed E-state index contributed by atoms with van der Waals surface area (Å²) in [5.41, 5.74) is 1.78. The minimum atomic E-state index is 0.324. The largest absolute Gasteiger partial charge is 0.356 e. The number of nitrogens with zero attached hydrogens (tertiary/aromatic N) is 2. The number of hydrogen-bond acceptors (Lipinski definition) is 2. The zero-order valence-corrected chi connectivity index (χ0v) is 15.2. The van der Waals surface area contributed by atoms with Crippen LogP contribution in [0.25, 0.3) is 0 Å². The third-order valence-electron chi connectivity index (χ3n) is 5.53. The first-order valence-corrected chi connectivity index (χ1v) is 9.48. The van der Waals surface area contributed by atoms with Crippen LogP contribution >= 0.6 is 0 Å². The molecule has 132 valence electrons. The van der Waals surface area contributed by atoms with Crippen molar-refractivity contribution in [3.63, 3.8) is 0 Å². The highest BCUT2D eigenvalue weighted by Crippen LogP contribution is 2.47. The molecule has 1 aromatic rings. The van der Waals surface area contributed by atoms with Gasteiger partial charge >= 0.3 is 0 Å². The molecule has 1 unspecified atom stereocenters. The van der Waals surface area contributed by atoms with E-state index < -0.39 is 0 Å². The van der Waals surface area contributed by atoms with Crippen molar-refractivity contribution in [2.75, 3.05) is 39.8 Å². The van der Waals surface area contributed by atoms with Gasteiger partial charge in [-0.25, -0.2) is 0 Å². The molecular weight excluding hydrogens is 296 g/mol. The van der Waals surface area contributed by atoms with E-state index in [0.717, 1.165) is 25.0 Å². The zero-order valence-electron chi connectivity index (χ0n) is 15.2. The van der Waals surface area contributed by atoms with Crippen molar-refractivity contribution in [3.05, 3.63) is 35.9 Å². The molecule has 1 heterocycles. The van der Waals surface area contributed by atoms with Gasteiger partial charge in [-0.05, 0) is 50.3 Å². The van der Waals surface area contributed by atoms with E-state index in [9.17, 15) is 0 Å². The summed E-state index contributed by atoms with van der Waals surface area (Å²) in [6, 6.07) is 10.9. The lowest BCUT2D eigenvalue weighted by Gasteiger charge is -2.20. The molecule has 1 saturated carbocycles. The van der Waals surface area contributed by atoms with E-state index in [4.69, 9.17) is 0 Å². The second-order valence-corrected chi connectivity index (χ2v) is 7.41. The van der Waals surface area contributed by atoms with E-state index in [-0.39, 0.29) is 0 Å². The SMILES string of the molecule is CCCN1CCC(CNC(=NC)NCC2(c3ccccc3)CC2)C1. The number of hydrogen-bond donors (Lipinski definition) is 2. The van der Waals surface area contributed by atoms with Crippen molar-refractivity contribution in [1.82, 2.24) is 15.5 Å². The van der Waals surface area contributed by atoms with Gasteiger partial charge in [0, 0.05) is 32.1 Å². The predicted octanol–water partition coefficient (Wildman–Crippen LogP) is 2.62. The Balaban J connectivity index is 1.43. The average Bonchev–Trinajstić information content (AvgIpc) is 3.29. The molecule has 1 aliphatic heterocycles. The van der Waals surface area contributed by atoms with Gasteiger partial charge in [-0.1, -0.05) is 37.3 Å². The van der Waals surface area contributed by atoms with Crippen molar-refractivity contribution >= 4 is 5.96 Å². The van der Waals surface area contributed by atoms with Crippen molar-refractivity contribution in [2.45, 2.75) is 38.0 Å². The van der Waals surface area contributed by atoms with E-state index in [1.54, 1.807) is 0 Å². The van der Waals surface area contributed by atoms with E-state index in [1.807, 2.05) is 7.05 Å². The number of benzene rings is 1. The Kier molecular flexibility index (Phi) is 5.77. The quantitative estimate of drug-likeness (QED) is 0.597. The highest BCUT2D eigenvalue weighted by Gasteiger charge is 2.44. The van der Waals surface area contributed by atoms with Crippen LogP contribution in [-0.2, 0) is 5.41 Å². The van der Waals surface area contributed by atoms with Gasteiger partial charge in [-0.15, -0.1) is 0 Å². The van der Waals surface area contributed by atoms with Crippen LogP contribution in [0.5, 0.6) is 0 Å². The summed E-state index contributed by atoms with van der Waals surface area (Å²) in [5, 5.41) is 7.09. The molecule has 2 N–H and O–H groups in total. The molecule has 2 aliphatic rings. The zero-order chi connectivity index (χ0) is 16.8. The van der Waals surface area contributed by atoms with E-state index in [1.165, 1.54) is 50.9 Å². The molecule has 0 aromatic heterocycles. The number of rotatable bonds is 7. The lowest BCUT2D eigenvalue weighted by atomic mass is 9.96. The Hall–Kier alpha value is -1.55. The minimum absolute atomic E-state index is 0.324. The molecule has 0 radical (unpaired) electrons. The fourth-order valence-corrected chi connectivity index (χ4v) is 3.82. The maximum Gasteiger partial charge on any atom is 0.191 e. The van der Waals surface area contributed by atoms with Crippen LogP contribution < -0.4 is 10.6 Å².